The molecule has 0 bridgehead atoms. The quantitative estimate of drug-likeness (QED) is 0.545. The molecule has 0 spiro atoms. The number of epoxide rings is 1. The topological polar surface area (TPSA) is 29.6 Å². The first-order chi connectivity index (χ1) is 7.33. The van der Waals surface area contributed by atoms with E-state index in [1.54, 1.807) is 0 Å². The zero-order valence-electron chi connectivity index (χ0n) is 8.98. The first-order valence-electron chi connectivity index (χ1n) is 5.57. The molecule has 0 radical (unpaired) electrons. The molecule has 1 heterocycles. The summed E-state index contributed by atoms with van der Waals surface area (Å²) in [6.45, 7) is 2.15. The maximum atomic E-state index is 11.9. The molecule has 1 aliphatic heterocycles. The minimum absolute atomic E-state index is 0.136. The van der Waals surface area contributed by atoms with Crippen LogP contribution in [-0.2, 0) is 4.74 Å². The van der Waals surface area contributed by atoms with Gasteiger partial charge in [0.1, 0.15) is 6.10 Å². The highest BCUT2D eigenvalue weighted by Gasteiger charge is 2.44. The van der Waals surface area contributed by atoms with Crippen LogP contribution in [0.15, 0.2) is 30.3 Å². The monoisotopic (exact) mass is 204 g/mol. The second-order valence-electron chi connectivity index (χ2n) is 3.97. The van der Waals surface area contributed by atoms with Crippen LogP contribution in [0, 0.1) is 0 Å². The number of hydrogen-bond acceptors (Lipinski definition) is 2. The molecule has 80 valence electrons. The molecule has 1 aliphatic rings. The van der Waals surface area contributed by atoms with Crippen molar-refractivity contribution < 1.29 is 9.53 Å². The van der Waals surface area contributed by atoms with Crippen LogP contribution in [0.3, 0.4) is 0 Å². The van der Waals surface area contributed by atoms with E-state index >= 15 is 0 Å². The van der Waals surface area contributed by atoms with Crippen molar-refractivity contribution in [1.82, 2.24) is 0 Å². The fourth-order valence-corrected chi connectivity index (χ4v) is 1.76. The summed E-state index contributed by atoms with van der Waals surface area (Å²) in [7, 11) is 0. The van der Waals surface area contributed by atoms with Gasteiger partial charge in [-0.2, -0.15) is 0 Å². The van der Waals surface area contributed by atoms with Crippen LogP contribution in [0.1, 0.15) is 36.5 Å². The summed E-state index contributed by atoms with van der Waals surface area (Å²) in [6, 6.07) is 9.38. The molecule has 0 amide bonds. The van der Waals surface area contributed by atoms with Crippen molar-refractivity contribution in [3.05, 3.63) is 35.9 Å². The Labute approximate surface area is 90.3 Å². The molecule has 2 heteroatoms. The molecule has 1 saturated heterocycles. The third-order valence-electron chi connectivity index (χ3n) is 2.74. The molecule has 2 rings (SSSR count). The Bertz CT molecular complexity index is 332. The smallest absolute Gasteiger partial charge is 0.194 e. The van der Waals surface area contributed by atoms with Crippen LogP contribution in [0.5, 0.6) is 0 Å². The van der Waals surface area contributed by atoms with Crippen LogP contribution in [0.25, 0.3) is 0 Å². The highest BCUT2D eigenvalue weighted by molar-refractivity contribution is 6.01. The van der Waals surface area contributed by atoms with E-state index in [0.717, 1.165) is 24.8 Å². The minimum atomic E-state index is -0.168. The van der Waals surface area contributed by atoms with E-state index in [1.807, 2.05) is 30.3 Å². The fraction of sp³-hybridized carbons (Fsp3) is 0.462. The lowest BCUT2D eigenvalue weighted by Gasteiger charge is -1.96. The second kappa shape index (κ2) is 4.58. The first kappa shape index (κ1) is 10.4. The van der Waals surface area contributed by atoms with Gasteiger partial charge >= 0.3 is 0 Å². The van der Waals surface area contributed by atoms with Gasteiger partial charge in [-0.1, -0.05) is 50.1 Å². The Hall–Kier alpha value is -1.15. The van der Waals surface area contributed by atoms with E-state index in [9.17, 15) is 4.79 Å². The largest absolute Gasteiger partial charge is 0.361 e. The Balaban J connectivity index is 1.89. The van der Waals surface area contributed by atoms with Crippen molar-refractivity contribution in [1.29, 1.82) is 0 Å². The summed E-state index contributed by atoms with van der Waals surface area (Å²) >= 11 is 0. The predicted molar refractivity (Wildman–Crippen MR) is 59.0 cm³/mol. The summed E-state index contributed by atoms with van der Waals surface area (Å²) in [5.74, 6) is 0.136. The van der Waals surface area contributed by atoms with Crippen LogP contribution in [0.2, 0.25) is 0 Å². The summed E-state index contributed by atoms with van der Waals surface area (Å²) in [5, 5.41) is 0. The zero-order chi connectivity index (χ0) is 10.7. The Morgan fingerprint density at radius 3 is 2.73 bits per heavy atom. The molecule has 0 aromatic heterocycles. The maximum Gasteiger partial charge on any atom is 0.194 e. The van der Waals surface area contributed by atoms with Crippen molar-refractivity contribution in [3.8, 4) is 0 Å². The Kier molecular flexibility index (Phi) is 3.17. The molecule has 15 heavy (non-hydrogen) atoms. The number of carbonyl (C=O) groups is 1. The molecule has 0 N–H and O–H groups in total. The predicted octanol–water partition coefficient (Wildman–Crippen LogP) is 2.83. The third kappa shape index (κ3) is 2.45. The Morgan fingerprint density at radius 1 is 1.33 bits per heavy atom. The summed E-state index contributed by atoms with van der Waals surface area (Å²) in [5.41, 5.74) is 0.765. The van der Waals surface area contributed by atoms with Crippen molar-refractivity contribution in [2.75, 3.05) is 0 Å². The van der Waals surface area contributed by atoms with Crippen LogP contribution in [0.4, 0.5) is 0 Å². The van der Waals surface area contributed by atoms with Gasteiger partial charge in [-0.15, -0.1) is 0 Å². The van der Waals surface area contributed by atoms with Crippen LogP contribution in [-0.4, -0.2) is 18.0 Å². The number of unbranched alkanes of at least 4 members (excludes halogenated alkanes) is 1. The summed E-state index contributed by atoms with van der Waals surface area (Å²) in [4.78, 5) is 11.9. The van der Waals surface area contributed by atoms with Gasteiger partial charge in [0.2, 0.25) is 0 Å². The SMILES string of the molecule is CCCC[C@@H]1O[C@H]1C(=O)c1ccccc1. The molecule has 0 saturated carbocycles. The molecule has 1 aromatic carbocycles. The highest BCUT2D eigenvalue weighted by atomic mass is 16.6. The molecule has 2 nitrogen and oxygen atoms in total. The lowest BCUT2D eigenvalue weighted by Crippen LogP contribution is -2.10. The number of Topliss-reactive ketones (excluding diaryl/α,β-unsaturated/α-hetero) is 1. The van der Waals surface area contributed by atoms with E-state index in [-0.39, 0.29) is 18.0 Å². The number of benzene rings is 1. The lowest BCUT2D eigenvalue weighted by molar-refractivity contribution is 0.0953. The van der Waals surface area contributed by atoms with E-state index < -0.39 is 0 Å². The fourth-order valence-electron chi connectivity index (χ4n) is 1.76. The molecule has 1 aromatic rings. The average molecular weight is 204 g/mol. The normalized spacial score (nSPS) is 23.8. The van der Waals surface area contributed by atoms with Crippen molar-refractivity contribution in [2.24, 2.45) is 0 Å². The second-order valence-corrected chi connectivity index (χ2v) is 3.97. The number of hydrogen-bond donors (Lipinski definition) is 0. The van der Waals surface area contributed by atoms with E-state index in [0.29, 0.717) is 0 Å². The van der Waals surface area contributed by atoms with Gasteiger partial charge in [-0.3, -0.25) is 4.79 Å². The van der Waals surface area contributed by atoms with Crippen LogP contribution >= 0.6 is 0 Å². The van der Waals surface area contributed by atoms with Gasteiger partial charge in [-0.25, -0.2) is 0 Å². The zero-order valence-corrected chi connectivity index (χ0v) is 8.98. The molecule has 2 atom stereocenters. The van der Waals surface area contributed by atoms with Gasteiger partial charge in [0.05, 0.1) is 6.10 Å². The first-order valence-corrected chi connectivity index (χ1v) is 5.57. The summed E-state index contributed by atoms with van der Waals surface area (Å²) in [6.07, 6.45) is 3.33. The molecular formula is C13H16O2. The lowest BCUT2D eigenvalue weighted by atomic mass is 10.0. The van der Waals surface area contributed by atoms with E-state index in [2.05, 4.69) is 6.92 Å². The van der Waals surface area contributed by atoms with Gasteiger partial charge in [0.25, 0.3) is 0 Å². The molecule has 0 unspecified atom stereocenters. The van der Waals surface area contributed by atoms with E-state index in [1.165, 1.54) is 0 Å². The molecule has 0 aliphatic carbocycles. The van der Waals surface area contributed by atoms with Crippen LogP contribution < -0.4 is 0 Å². The minimum Gasteiger partial charge on any atom is -0.361 e. The van der Waals surface area contributed by atoms with E-state index in [4.69, 9.17) is 4.74 Å². The highest BCUT2D eigenvalue weighted by Crippen LogP contribution is 2.30. The number of ketones is 1. The molecular weight excluding hydrogens is 188 g/mol. The number of ether oxygens (including phenoxy) is 1. The van der Waals surface area contributed by atoms with Gasteiger partial charge in [0.15, 0.2) is 5.78 Å². The maximum absolute atomic E-state index is 11.9. The number of rotatable bonds is 5. The van der Waals surface area contributed by atoms with Gasteiger partial charge < -0.3 is 4.74 Å². The Morgan fingerprint density at radius 2 is 2.07 bits per heavy atom. The average Bonchev–Trinajstić information content (AvgIpc) is 3.06. The van der Waals surface area contributed by atoms with Gasteiger partial charge in [-0.05, 0) is 6.42 Å². The van der Waals surface area contributed by atoms with Crippen molar-refractivity contribution >= 4 is 5.78 Å². The molecule has 1 fully saturated rings. The number of carbonyl (C=O) groups excluding carboxylic acids is 1. The third-order valence-corrected chi connectivity index (χ3v) is 2.74. The summed E-state index contributed by atoms with van der Waals surface area (Å²) < 4.78 is 5.39. The van der Waals surface area contributed by atoms with Gasteiger partial charge in [0, 0.05) is 5.56 Å². The standard InChI is InChI=1S/C13H16O2/c1-2-3-9-11-13(15-11)12(14)10-7-5-4-6-8-10/h4-8,11,13H,2-3,9H2,1H3/t11-,13+/m0/s1. The van der Waals surface area contributed by atoms with Crippen molar-refractivity contribution in [2.45, 2.75) is 38.4 Å². The van der Waals surface area contributed by atoms with Crippen molar-refractivity contribution in [3.63, 3.8) is 0 Å².